The van der Waals surface area contributed by atoms with Gasteiger partial charge >= 0.3 is 0 Å². The second-order valence-electron chi connectivity index (χ2n) is 2.98. The highest BCUT2D eigenvalue weighted by atomic mass is 16.2. The van der Waals surface area contributed by atoms with Gasteiger partial charge in [-0.25, -0.2) is 0 Å². The van der Waals surface area contributed by atoms with E-state index < -0.39 is 5.91 Å². The van der Waals surface area contributed by atoms with Crippen molar-refractivity contribution in [1.82, 2.24) is 10.6 Å². The third-order valence-corrected chi connectivity index (χ3v) is 1.86. The number of carbonyl (C=O) groups is 2. The van der Waals surface area contributed by atoms with Gasteiger partial charge in [0.15, 0.2) is 0 Å². The largest absolute Gasteiger partial charge is 0.366 e. The summed E-state index contributed by atoms with van der Waals surface area (Å²) in [5, 5.41) is 5.42. The van der Waals surface area contributed by atoms with Crippen molar-refractivity contribution in [3.8, 4) is 0 Å². The van der Waals surface area contributed by atoms with Crippen molar-refractivity contribution in [2.45, 2.75) is 0 Å². The van der Waals surface area contributed by atoms with Crippen molar-refractivity contribution in [3.05, 3.63) is 35.4 Å². The Morgan fingerprint density at radius 3 is 2.20 bits per heavy atom. The first-order chi connectivity index (χ1) is 7.15. The van der Waals surface area contributed by atoms with Crippen LogP contribution in [0, 0.1) is 0 Å². The lowest BCUT2D eigenvalue weighted by atomic mass is 10.1. The van der Waals surface area contributed by atoms with E-state index in [1.54, 1.807) is 19.2 Å². The Bertz CT molecular complexity index is 359. The van der Waals surface area contributed by atoms with Crippen LogP contribution in [-0.2, 0) is 0 Å². The molecule has 0 aromatic heterocycles. The number of hydrogen-bond donors (Lipinski definition) is 3. The number of carbonyl (C=O) groups excluding carboxylic acids is 2. The van der Waals surface area contributed by atoms with E-state index in [4.69, 9.17) is 5.73 Å². The lowest BCUT2D eigenvalue weighted by molar-refractivity contribution is 0.0948. The summed E-state index contributed by atoms with van der Waals surface area (Å²) < 4.78 is 0. The Kier molecular flexibility index (Phi) is 3.82. The van der Waals surface area contributed by atoms with Crippen LogP contribution in [0.1, 0.15) is 20.7 Å². The molecule has 1 aromatic carbocycles. The van der Waals surface area contributed by atoms with E-state index in [0.717, 1.165) is 0 Å². The molecule has 0 aliphatic carbocycles. The van der Waals surface area contributed by atoms with Crippen LogP contribution in [0.25, 0.3) is 0 Å². The van der Waals surface area contributed by atoms with Gasteiger partial charge in [-0.2, -0.15) is 0 Å². The normalized spacial score (nSPS) is 9.67. The average Bonchev–Trinajstić information content (AvgIpc) is 2.26. The summed E-state index contributed by atoms with van der Waals surface area (Å²) in [6, 6.07) is 6.17. The number of nitrogens with two attached hydrogens (primary N) is 1. The molecule has 0 saturated carbocycles. The van der Waals surface area contributed by atoms with Crippen LogP contribution in [-0.4, -0.2) is 25.5 Å². The quantitative estimate of drug-likeness (QED) is 0.592. The fourth-order valence-electron chi connectivity index (χ4n) is 1.06. The van der Waals surface area contributed by atoms with Gasteiger partial charge in [-0.15, -0.1) is 0 Å². The first-order valence-electron chi connectivity index (χ1n) is 4.48. The molecule has 4 N–H and O–H groups in total. The van der Waals surface area contributed by atoms with Crippen LogP contribution in [0.3, 0.4) is 0 Å². The summed E-state index contributed by atoms with van der Waals surface area (Å²) in [6.07, 6.45) is 0. The van der Waals surface area contributed by atoms with Crippen LogP contribution in [0.15, 0.2) is 24.3 Å². The molecule has 15 heavy (non-hydrogen) atoms. The monoisotopic (exact) mass is 207 g/mol. The van der Waals surface area contributed by atoms with Crippen LogP contribution in [0.5, 0.6) is 0 Å². The highest BCUT2D eigenvalue weighted by Gasteiger charge is 2.05. The van der Waals surface area contributed by atoms with Crippen molar-refractivity contribution in [1.29, 1.82) is 0 Å². The SMILES string of the molecule is CNCNC(=O)c1ccc(C(N)=O)cc1. The molecule has 0 atom stereocenters. The van der Waals surface area contributed by atoms with Gasteiger partial charge in [-0.05, 0) is 31.3 Å². The number of amides is 2. The number of nitrogens with one attached hydrogen (secondary N) is 2. The molecule has 5 heteroatoms. The zero-order chi connectivity index (χ0) is 11.3. The van der Waals surface area contributed by atoms with Crippen LogP contribution in [0.2, 0.25) is 0 Å². The van der Waals surface area contributed by atoms with Gasteiger partial charge in [0.2, 0.25) is 5.91 Å². The zero-order valence-corrected chi connectivity index (χ0v) is 8.41. The molecule has 0 bridgehead atoms. The van der Waals surface area contributed by atoms with E-state index in [0.29, 0.717) is 17.8 Å². The summed E-state index contributed by atoms with van der Waals surface area (Å²) in [5.74, 6) is -0.697. The molecule has 5 nitrogen and oxygen atoms in total. The van der Waals surface area contributed by atoms with Crippen LogP contribution < -0.4 is 16.4 Å². The van der Waals surface area contributed by atoms with Crippen molar-refractivity contribution in [2.75, 3.05) is 13.7 Å². The van der Waals surface area contributed by atoms with Crippen LogP contribution in [0.4, 0.5) is 0 Å². The van der Waals surface area contributed by atoms with E-state index in [2.05, 4.69) is 10.6 Å². The molecule has 0 saturated heterocycles. The molecule has 0 spiro atoms. The molecule has 1 rings (SSSR count). The van der Waals surface area contributed by atoms with Gasteiger partial charge in [-0.1, -0.05) is 0 Å². The summed E-state index contributed by atoms with van der Waals surface area (Å²) >= 11 is 0. The minimum atomic E-state index is -0.503. The van der Waals surface area contributed by atoms with Crippen molar-refractivity contribution < 1.29 is 9.59 Å². The molecule has 1 aromatic rings. The maximum Gasteiger partial charge on any atom is 0.252 e. The lowest BCUT2D eigenvalue weighted by Gasteiger charge is -2.04. The molecular formula is C10H13N3O2. The fourth-order valence-corrected chi connectivity index (χ4v) is 1.06. The van der Waals surface area contributed by atoms with E-state index in [9.17, 15) is 9.59 Å². The van der Waals surface area contributed by atoms with Crippen molar-refractivity contribution in [2.24, 2.45) is 5.73 Å². The summed E-state index contributed by atoms with van der Waals surface area (Å²) in [6.45, 7) is 0.399. The van der Waals surface area contributed by atoms with Crippen molar-refractivity contribution >= 4 is 11.8 Å². The minimum Gasteiger partial charge on any atom is -0.366 e. The predicted octanol–water partition coefficient (Wildman–Crippen LogP) is -0.308. The highest BCUT2D eigenvalue weighted by molar-refractivity contribution is 5.97. The predicted molar refractivity (Wildman–Crippen MR) is 56.4 cm³/mol. The van der Waals surface area contributed by atoms with E-state index >= 15 is 0 Å². The van der Waals surface area contributed by atoms with E-state index in [1.165, 1.54) is 12.1 Å². The number of hydrogen-bond acceptors (Lipinski definition) is 3. The fraction of sp³-hybridized carbons (Fsp3) is 0.200. The second-order valence-corrected chi connectivity index (χ2v) is 2.98. The molecule has 0 unspecified atom stereocenters. The Morgan fingerprint density at radius 1 is 1.20 bits per heavy atom. The van der Waals surface area contributed by atoms with Crippen LogP contribution >= 0.6 is 0 Å². The lowest BCUT2D eigenvalue weighted by Crippen LogP contribution is -2.31. The maximum absolute atomic E-state index is 11.4. The van der Waals surface area contributed by atoms with Crippen molar-refractivity contribution in [3.63, 3.8) is 0 Å². The highest BCUT2D eigenvalue weighted by Crippen LogP contribution is 2.03. The smallest absolute Gasteiger partial charge is 0.252 e. The zero-order valence-electron chi connectivity index (χ0n) is 8.41. The van der Waals surface area contributed by atoms with Gasteiger partial charge in [0.1, 0.15) is 0 Å². The topological polar surface area (TPSA) is 84.2 Å². The first kappa shape index (κ1) is 11.2. The van der Waals surface area contributed by atoms with E-state index in [1.807, 2.05) is 0 Å². The molecular weight excluding hydrogens is 194 g/mol. The summed E-state index contributed by atoms with van der Waals surface area (Å²) in [7, 11) is 1.73. The standard InChI is InChI=1S/C10H13N3O2/c1-12-6-13-10(15)8-4-2-7(3-5-8)9(11)14/h2-5,12H,6H2,1H3,(H2,11,14)(H,13,15). The molecule has 0 aliphatic heterocycles. The molecule has 80 valence electrons. The molecule has 0 fully saturated rings. The van der Waals surface area contributed by atoms with Gasteiger partial charge < -0.3 is 16.4 Å². The third kappa shape index (κ3) is 3.07. The third-order valence-electron chi connectivity index (χ3n) is 1.86. The van der Waals surface area contributed by atoms with Gasteiger partial charge in [0, 0.05) is 11.1 Å². The maximum atomic E-state index is 11.4. The Labute approximate surface area is 87.7 Å². The molecule has 0 radical (unpaired) electrons. The molecule has 0 aliphatic rings. The average molecular weight is 207 g/mol. The second kappa shape index (κ2) is 5.11. The van der Waals surface area contributed by atoms with Gasteiger partial charge in [0.25, 0.3) is 5.91 Å². The number of primary amides is 1. The summed E-state index contributed by atoms with van der Waals surface area (Å²) in [5.41, 5.74) is 5.96. The number of rotatable bonds is 4. The Morgan fingerprint density at radius 2 is 1.73 bits per heavy atom. The van der Waals surface area contributed by atoms with Gasteiger partial charge in [0.05, 0.1) is 6.67 Å². The molecule has 0 heterocycles. The molecule has 2 amide bonds. The Balaban J connectivity index is 2.71. The summed E-state index contributed by atoms with van der Waals surface area (Å²) in [4.78, 5) is 22.2. The van der Waals surface area contributed by atoms with E-state index in [-0.39, 0.29) is 5.91 Å². The van der Waals surface area contributed by atoms with Gasteiger partial charge in [-0.3, -0.25) is 9.59 Å². The first-order valence-corrected chi connectivity index (χ1v) is 4.48. The number of benzene rings is 1. The Hall–Kier alpha value is -1.88. The minimum absolute atomic E-state index is 0.194.